The number of carbonyl (C=O) groups is 2. The second kappa shape index (κ2) is 5.13. The molecule has 1 aliphatic heterocycles. The first-order valence-electron chi connectivity index (χ1n) is 6.14. The van der Waals surface area contributed by atoms with Crippen molar-refractivity contribution >= 4 is 34.8 Å². The molecule has 1 fully saturated rings. The van der Waals surface area contributed by atoms with Gasteiger partial charge in [0, 0.05) is 13.1 Å². The van der Waals surface area contributed by atoms with Crippen LogP contribution in [-0.2, 0) is 4.79 Å². The van der Waals surface area contributed by atoms with Crippen molar-refractivity contribution in [1.82, 2.24) is 4.90 Å². The number of hydrogen-bond acceptors (Lipinski definition) is 3. The molecule has 0 saturated carbocycles. The average molecular weight is 302 g/mol. The number of amides is 1. The molecule has 1 aromatic rings. The molecule has 1 aliphatic rings. The topological polar surface area (TPSA) is 57.6 Å². The van der Waals surface area contributed by atoms with Crippen LogP contribution in [0.25, 0.3) is 0 Å². The lowest BCUT2D eigenvalue weighted by Crippen LogP contribution is -2.40. The van der Waals surface area contributed by atoms with Gasteiger partial charge >= 0.3 is 5.97 Å². The number of aliphatic carboxylic acids is 1. The summed E-state index contributed by atoms with van der Waals surface area (Å²) in [6, 6.07) is 1.68. The van der Waals surface area contributed by atoms with Crippen molar-refractivity contribution in [3.05, 3.63) is 21.3 Å². The Bertz CT molecular complexity index is 514. The first kappa shape index (κ1) is 14.3. The summed E-state index contributed by atoms with van der Waals surface area (Å²) in [4.78, 5) is 25.9. The normalized spacial score (nSPS) is 23.1. The Morgan fingerprint density at radius 3 is 2.63 bits per heavy atom. The lowest BCUT2D eigenvalue weighted by atomic mass is 9.76. The van der Waals surface area contributed by atoms with E-state index in [9.17, 15) is 14.7 Å². The number of likely N-dealkylation sites (tertiary alicyclic amines) is 1. The zero-order valence-electron chi connectivity index (χ0n) is 10.9. The highest BCUT2D eigenvalue weighted by molar-refractivity contribution is 7.12. The predicted octanol–water partition coefficient (Wildman–Crippen LogP) is 2.97. The SMILES string of the molecule is CC(C)C1(C(=O)O)CCN(C(=O)c2sccc2Cl)C1. The van der Waals surface area contributed by atoms with Gasteiger partial charge in [-0.3, -0.25) is 9.59 Å². The number of nitrogens with zero attached hydrogens (tertiary/aromatic N) is 1. The van der Waals surface area contributed by atoms with Gasteiger partial charge in [0.15, 0.2) is 0 Å². The van der Waals surface area contributed by atoms with E-state index in [1.54, 1.807) is 16.3 Å². The molecule has 0 aliphatic carbocycles. The molecule has 1 N–H and O–H groups in total. The largest absolute Gasteiger partial charge is 0.481 e. The summed E-state index contributed by atoms with van der Waals surface area (Å²) in [6.07, 6.45) is 0.495. The maximum absolute atomic E-state index is 12.3. The third kappa shape index (κ3) is 2.37. The van der Waals surface area contributed by atoms with Crippen LogP contribution in [0.15, 0.2) is 11.4 Å². The molecule has 1 amide bonds. The molecular formula is C13H16ClNO3S. The second-order valence-corrected chi connectivity index (χ2v) is 6.51. The molecule has 1 unspecified atom stereocenters. The van der Waals surface area contributed by atoms with Gasteiger partial charge in [-0.2, -0.15) is 0 Å². The number of halogens is 1. The van der Waals surface area contributed by atoms with E-state index in [-0.39, 0.29) is 18.4 Å². The summed E-state index contributed by atoms with van der Waals surface area (Å²) >= 11 is 7.25. The van der Waals surface area contributed by atoms with Crippen molar-refractivity contribution in [2.75, 3.05) is 13.1 Å². The minimum atomic E-state index is -0.834. The van der Waals surface area contributed by atoms with E-state index in [0.717, 1.165) is 0 Å². The summed E-state index contributed by atoms with van der Waals surface area (Å²) in [7, 11) is 0. The maximum Gasteiger partial charge on any atom is 0.311 e. The van der Waals surface area contributed by atoms with E-state index < -0.39 is 11.4 Å². The Morgan fingerprint density at radius 2 is 2.21 bits per heavy atom. The minimum absolute atomic E-state index is 0.0124. The van der Waals surface area contributed by atoms with Crippen LogP contribution in [0.5, 0.6) is 0 Å². The first-order valence-corrected chi connectivity index (χ1v) is 7.40. The fourth-order valence-electron chi connectivity index (χ4n) is 2.49. The zero-order valence-corrected chi connectivity index (χ0v) is 12.4. The standard InChI is InChI=1S/C13H16ClNO3S/c1-8(2)13(12(17)18)4-5-15(7-13)11(16)10-9(14)3-6-19-10/h3,6,8H,4-5,7H2,1-2H3,(H,17,18). The average Bonchev–Trinajstić information content (AvgIpc) is 2.94. The van der Waals surface area contributed by atoms with Gasteiger partial charge in [0.1, 0.15) is 4.88 Å². The smallest absolute Gasteiger partial charge is 0.311 e. The van der Waals surface area contributed by atoms with Gasteiger partial charge < -0.3 is 10.0 Å². The van der Waals surface area contributed by atoms with E-state index in [0.29, 0.717) is 22.9 Å². The summed E-state index contributed by atoms with van der Waals surface area (Å²) in [5.41, 5.74) is -0.834. The molecule has 6 heteroatoms. The van der Waals surface area contributed by atoms with Gasteiger partial charge in [-0.1, -0.05) is 25.4 Å². The molecule has 0 spiro atoms. The van der Waals surface area contributed by atoms with Crippen LogP contribution in [0, 0.1) is 11.3 Å². The van der Waals surface area contributed by atoms with Gasteiger partial charge in [-0.25, -0.2) is 0 Å². The summed E-state index contributed by atoms with van der Waals surface area (Å²) < 4.78 is 0. The molecular weight excluding hydrogens is 286 g/mol. The fraction of sp³-hybridized carbons (Fsp3) is 0.538. The van der Waals surface area contributed by atoms with Crippen LogP contribution in [0.4, 0.5) is 0 Å². The van der Waals surface area contributed by atoms with Crippen LogP contribution in [0.3, 0.4) is 0 Å². The predicted molar refractivity (Wildman–Crippen MR) is 74.8 cm³/mol. The number of carbonyl (C=O) groups excluding carboxylic acids is 1. The Hall–Kier alpha value is -1.07. The molecule has 0 bridgehead atoms. The van der Waals surface area contributed by atoms with Crippen LogP contribution in [0.2, 0.25) is 5.02 Å². The van der Waals surface area contributed by atoms with Gasteiger partial charge in [-0.05, 0) is 23.8 Å². The maximum atomic E-state index is 12.3. The highest BCUT2D eigenvalue weighted by Crippen LogP contribution is 2.39. The van der Waals surface area contributed by atoms with Gasteiger partial charge in [-0.15, -0.1) is 11.3 Å². The van der Waals surface area contributed by atoms with Gasteiger partial charge in [0.2, 0.25) is 0 Å². The van der Waals surface area contributed by atoms with E-state index in [2.05, 4.69) is 0 Å². The van der Waals surface area contributed by atoms with E-state index in [4.69, 9.17) is 11.6 Å². The molecule has 4 nitrogen and oxygen atoms in total. The number of carboxylic acid groups (broad SMARTS) is 1. The molecule has 2 heterocycles. The van der Waals surface area contributed by atoms with Crippen molar-refractivity contribution in [2.24, 2.45) is 11.3 Å². The lowest BCUT2D eigenvalue weighted by molar-refractivity contribution is -0.150. The Balaban J connectivity index is 2.20. The number of thiophene rings is 1. The fourth-order valence-corrected chi connectivity index (χ4v) is 3.59. The molecule has 19 heavy (non-hydrogen) atoms. The van der Waals surface area contributed by atoms with Crippen LogP contribution in [0.1, 0.15) is 29.9 Å². The molecule has 1 saturated heterocycles. The van der Waals surface area contributed by atoms with Crippen molar-refractivity contribution in [2.45, 2.75) is 20.3 Å². The Labute approximate surface area is 121 Å². The van der Waals surface area contributed by atoms with Gasteiger partial charge in [0.05, 0.1) is 10.4 Å². The van der Waals surface area contributed by atoms with Crippen molar-refractivity contribution < 1.29 is 14.7 Å². The highest BCUT2D eigenvalue weighted by Gasteiger charge is 2.48. The Kier molecular flexibility index (Phi) is 3.87. The molecule has 1 atom stereocenters. The van der Waals surface area contributed by atoms with E-state index in [1.807, 2.05) is 13.8 Å². The van der Waals surface area contributed by atoms with Crippen LogP contribution < -0.4 is 0 Å². The molecule has 104 valence electrons. The van der Waals surface area contributed by atoms with Crippen molar-refractivity contribution in [3.8, 4) is 0 Å². The summed E-state index contributed by atoms with van der Waals surface area (Å²) in [6.45, 7) is 4.50. The van der Waals surface area contributed by atoms with Gasteiger partial charge in [0.25, 0.3) is 5.91 Å². The van der Waals surface area contributed by atoms with E-state index >= 15 is 0 Å². The molecule has 0 radical (unpaired) electrons. The lowest BCUT2D eigenvalue weighted by Gasteiger charge is -2.28. The zero-order chi connectivity index (χ0) is 14.2. The van der Waals surface area contributed by atoms with Crippen molar-refractivity contribution in [3.63, 3.8) is 0 Å². The molecule has 2 rings (SSSR count). The third-order valence-electron chi connectivity index (χ3n) is 3.93. The first-order chi connectivity index (χ1) is 8.88. The highest BCUT2D eigenvalue weighted by atomic mass is 35.5. The summed E-state index contributed by atoms with van der Waals surface area (Å²) in [5.74, 6) is -1.000. The monoisotopic (exact) mass is 301 g/mol. The minimum Gasteiger partial charge on any atom is -0.481 e. The summed E-state index contributed by atoms with van der Waals surface area (Å²) in [5, 5.41) is 11.7. The third-order valence-corrected chi connectivity index (χ3v) is 5.26. The second-order valence-electron chi connectivity index (χ2n) is 5.19. The number of carboxylic acids is 1. The number of rotatable bonds is 3. The number of hydrogen-bond donors (Lipinski definition) is 1. The van der Waals surface area contributed by atoms with Crippen LogP contribution in [-0.4, -0.2) is 35.0 Å². The molecule has 1 aromatic heterocycles. The van der Waals surface area contributed by atoms with Crippen molar-refractivity contribution in [1.29, 1.82) is 0 Å². The van der Waals surface area contributed by atoms with E-state index in [1.165, 1.54) is 11.3 Å². The van der Waals surface area contributed by atoms with Crippen LogP contribution >= 0.6 is 22.9 Å². The Morgan fingerprint density at radius 1 is 1.53 bits per heavy atom. The molecule has 0 aromatic carbocycles. The quantitative estimate of drug-likeness (QED) is 0.934.